The summed E-state index contributed by atoms with van der Waals surface area (Å²) in [5, 5.41) is 8.32. The fraction of sp³-hybridized carbons (Fsp3) is 0.167. The fourth-order valence-corrected chi connectivity index (χ4v) is 1.25. The molecule has 0 aliphatic heterocycles. The summed E-state index contributed by atoms with van der Waals surface area (Å²) >= 11 is 0.850. The van der Waals surface area contributed by atoms with Crippen molar-refractivity contribution < 1.29 is 9.90 Å². The molecule has 0 saturated carbocycles. The normalized spacial score (nSPS) is 9.85. The Kier molecular flexibility index (Phi) is 2.91. The van der Waals surface area contributed by atoms with Gasteiger partial charge in [-0.15, -0.1) is 11.8 Å². The Balaban J connectivity index is 2.84. The lowest BCUT2D eigenvalue weighted by atomic mass is 10.7. The van der Waals surface area contributed by atoms with Gasteiger partial charge >= 0.3 is 11.7 Å². The van der Waals surface area contributed by atoms with Crippen LogP contribution >= 0.6 is 11.8 Å². The van der Waals surface area contributed by atoms with Crippen LogP contribution < -0.4 is 11.2 Å². The zero-order valence-electron chi connectivity index (χ0n) is 6.36. The topological polar surface area (TPSA) is 103 Å². The van der Waals surface area contributed by atoms with Gasteiger partial charge in [-0.05, 0) is 0 Å². The molecule has 1 aromatic rings. The van der Waals surface area contributed by atoms with Crippen LogP contribution in [-0.2, 0) is 4.79 Å². The van der Waals surface area contributed by atoms with Crippen LogP contribution in [0.2, 0.25) is 0 Å². The maximum Gasteiger partial charge on any atom is 0.325 e. The first-order valence-electron chi connectivity index (χ1n) is 3.26. The second-order valence-electron chi connectivity index (χ2n) is 2.12. The molecule has 70 valence electrons. The van der Waals surface area contributed by atoms with E-state index in [1.807, 2.05) is 4.98 Å². The van der Waals surface area contributed by atoms with Gasteiger partial charge in [-0.25, -0.2) is 4.79 Å². The van der Waals surface area contributed by atoms with Gasteiger partial charge in [0.1, 0.15) is 0 Å². The Morgan fingerprint density at radius 2 is 2.23 bits per heavy atom. The van der Waals surface area contributed by atoms with Gasteiger partial charge in [0, 0.05) is 6.20 Å². The number of thioether (sulfide) groups is 1. The number of carboxylic acid groups (broad SMARTS) is 1. The van der Waals surface area contributed by atoms with E-state index >= 15 is 0 Å². The number of carboxylic acids is 1. The smallest absolute Gasteiger partial charge is 0.325 e. The van der Waals surface area contributed by atoms with Crippen molar-refractivity contribution in [2.75, 3.05) is 5.75 Å². The summed E-state index contributed by atoms with van der Waals surface area (Å²) in [6.07, 6.45) is 1.19. The van der Waals surface area contributed by atoms with Crippen molar-refractivity contribution in [3.8, 4) is 0 Å². The summed E-state index contributed by atoms with van der Waals surface area (Å²) < 4.78 is 0. The van der Waals surface area contributed by atoms with Crippen molar-refractivity contribution in [1.82, 2.24) is 9.97 Å². The molecule has 0 atom stereocenters. The monoisotopic (exact) mass is 202 g/mol. The number of H-pyrrole nitrogens is 2. The van der Waals surface area contributed by atoms with E-state index in [2.05, 4.69) is 4.98 Å². The molecule has 1 heterocycles. The molecule has 1 rings (SSSR count). The molecule has 0 radical (unpaired) electrons. The van der Waals surface area contributed by atoms with Crippen LogP contribution in [-0.4, -0.2) is 26.8 Å². The zero-order chi connectivity index (χ0) is 9.84. The number of aliphatic carboxylic acids is 1. The summed E-state index contributed by atoms with van der Waals surface area (Å²) in [6, 6.07) is 0. The molecule has 0 unspecified atom stereocenters. The number of aromatic amines is 2. The summed E-state index contributed by atoms with van der Waals surface area (Å²) in [4.78, 5) is 36.1. The Labute approximate surface area is 76.0 Å². The van der Waals surface area contributed by atoms with Crippen LogP contribution in [0, 0.1) is 0 Å². The van der Waals surface area contributed by atoms with Gasteiger partial charge in [0.25, 0.3) is 5.56 Å². The lowest BCUT2D eigenvalue weighted by molar-refractivity contribution is -0.133. The molecular weight excluding hydrogens is 196 g/mol. The highest BCUT2D eigenvalue weighted by atomic mass is 32.2. The average molecular weight is 202 g/mol. The number of hydrogen-bond acceptors (Lipinski definition) is 4. The van der Waals surface area contributed by atoms with Crippen molar-refractivity contribution in [3.63, 3.8) is 0 Å². The van der Waals surface area contributed by atoms with E-state index in [0.717, 1.165) is 11.8 Å². The van der Waals surface area contributed by atoms with Crippen LogP contribution in [0.4, 0.5) is 0 Å². The van der Waals surface area contributed by atoms with E-state index in [1.54, 1.807) is 0 Å². The quantitative estimate of drug-likeness (QED) is 0.559. The number of rotatable bonds is 3. The third-order valence-corrected chi connectivity index (χ3v) is 2.14. The Hall–Kier alpha value is -1.50. The minimum Gasteiger partial charge on any atom is -0.481 e. The predicted octanol–water partition coefficient (Wildman–Crippen LogP) is -0.760. The van der Waals surface area contributed by atoms with E-state index in [1.165, 1.54) is 6.20 Å². The SMILES string of the molecule is O=C(O)CSc1c[nH]c(=O)[nH]c1=O. The third kappa shape index (κ3) is 2.79. The molecule has 0 aromatic carbocycles. The summed E-state index contributed by atoms with van der Waals surface area (Å²) in [7, 11) is 0. The van der Waals surface area contributed by atoms with E-state index in [0.29, 0.717) is 0 Å². The van der Waals surface area contributed by atoms with Crippen molar-refractivity contribution in [2.45, 2.75) is 4.90 Å². The van der Waals surface area contributed by atoms with Crippen LogP contribution in [0.3, 0.4) is 0 Å². The van der Waals surface area contributed by atoms with Crippen molar-refractivity contribution in [1.29, 1.82) is 0 Å². The Morgan fingerprint density at radius 3 is 2.77 bits per heavy atom. The minimum atomic E-state index is -1.02. The molecule has 0 spiro atoms. The van der Waals surface area contributed by atoms with Gasteiger partial charge < -0.3 is 10.1 Å². The zero-order valence-corrected chi connectivity index (χ0v) is 7.18. The van der Waals surface area contributed by atoms with Gasteiger partial charge in [-0.1, -0.05) is 0 Å². The summed E-state index contributed by atoms with van der Waals surface area (Å²) in [5.74, 6) is -1.23. The van der Waals surface area contributed by atoms with Crippen LogP contribution in [0.1, 0.15) is 0 Å². The third-order valence-electron chi connectivity index (χ3n) is 1.14. The van der Waals surface area contributed by atoms with E-state index in [4.69, 9.17) is 5.11 Å². The molecule has 0 aliphatic rings. The maximum absolute atomic E-state index is 11.0. The number of carbonyl (C=O) groups is 1. The molecular formula is C6H6N2O4S. The Morgan fingerprint density at radius 1 is 1.54 bits per heavy atom. The molecule has 13 heavy (non-hydrogen) atoms. The number of aromatic nitrogens is 2. The first-order chi connectivity index (χ1) is 6.09. The predicted molar refractivity (Wildman–Crippen MR) is 46.0 cm³/mol. The number of hydrogen-bond donors (Lipinski definition) is 3. The fourth-order valence-electron chi connectivity index (χ4n) is 0.644. The molecule has 0 fully saturated rings. The van der Waals surface area contributed by atoms with Gasteiger partial charge in [0.2, 0.25) is 0 Å². The minimum absolute atomic E-state index is 0.182. The first-order valence-corrected chi connectivity index (χ1v) is 4.25. The van der Waals surface area contributed by atoms with E-state index in [9.17, 15) is 14.4 Å². The van der Waals surface area contributed by atoms with Crippen LogP contribution in [0.5, 0.6) is 0 Å². The molecule has 7 heteroatoms. The maximum atomic E-state index is 11.0. The van der Waals surface area contributed by atoms with Gasteiger partial charge in [0.05, 0.1) is 10.6 Å². The molecule has 0 saturated heterocycles. The Bertz CT molecular complexity index is 421. The van der Waals surface area contributed by atoms with Crippen LogP contribution in [0.25, 0.3) is 0 Å². The molecule has 3 N–H and O–H groups in total. The molecule has 6 nitrogen and oxygen atoms in total. The van der Waals surface area contributed by atoms with E-state index in [-0.39, 0.29) is 10.6 Å². The highest BCUT2D eigenvalue weighted by Crippen LogP contribution is 2.09. The largest absolute Gasteiger partial charge is 0.481 e. The molecule has 0 aliphatic carbocycles. The van der Waals surface area contributed by atoms with Crippen molar-refractivity contribution in [2.24, 2.45) is 0 Å². The lowest BCUT2D eigenvalue weighted by Gasteiger charge is -1.94. The van der Waals surface area contributed by atoms with E-state index < -0.39 is 17.2 Å². The first kappa shape index (κ1) is 9.59. The highest BCUT2D eigenvalue weighted by molar-refractivity contribution is 8.00. The lowest BCUT2D eigenvalue weighted by Crippen LogP contribution is -2.22. The highest BCUT2D eigenvalue weighted by Gasteiger charge is 2.03. The standard InChI is InChI=1S/C6H6N2O4S/c9-4(10)2-13-3-1-7-6(12)8-5(3)11/h1H,2H2,(H,9,10)(H2,7,8,11,12). The van der Waals surface area contributed by atoms with Gasteiger partial charge in [-0.3, -0.25) is 14.6 Å². The average Bonchev–Trinajstić information content (AvgIpc) is 2.02. The summed E-state index contributed by atoms with van der Waals surface area (Å²) in [6.45, 7) is 0. The van der Waals surface area contributed by atoms with Gasteiger partial charge in [-0.2, -0.15) is 0 Å². The van der Waals surface area contributed by atoms with Gasteiger partial charge in [0.15, 0.2) is 0 Å². The number of nitrogens with one attached hydrogen (secondary N) is 2. The second kappa shape index (κ2) is 3.94. The van der Waals surface area contributed by atoms with Crippen molar-refractivity contribution in [3.05, 3.63) is 27.0 Å². The molecule has 0 amide bonds. The summed E-state index contributed by atoms with van der Waals surface area (Å²) in [5.41, 5.74) is -1.18. The molecule has 1 aromatic heterocycles. The second-order valence-corrected chi connectivity index (χ2v) is 3.14. The molecule has 0 bridgehead atoms. The van der Waals surface area contributed by atoms with Crippen molar-refractivity contribution >= 4 is 17.7 Å². The van der Waals surface area contributed by atoms with Crippen LogP contribution in [0.15, 0.2) is 20.7 Å².